The van der Waals surface area contributed by atoms with Gasteiger partial charge in [0.2, 0.25) is 0 Å². The van der Waals surface area contributed by atoms with Crippen molar-refractivity contribution in [2.75, 3.05) is 12.4 Å². The van der Waals surface area contributed by atoms with Gasteiger partial charge in [0.25, 0.3) is 0 Å². The van der Waals surface area contributed by atoms with Crippen LogP contribution in [0, 0.1) is 12.8 Å². The van der Waals surface area contributed by atoms with E-state index in [4.69, 9.17) is 4.74 Å². The zero-order valence-corrected chi connectivity index (χ0v) is 10.5. The number of aryl methyl sites for hydroxylation is 1. The molecule has 0 bridgehead atoms. The van der Waals surface area contributed by atoms with Gasteiger partial charge < -0.3 is 4.74 Å². The molecule has 0 heterocycles. The molecule has 0 aliphatic rings. The van der Waals surface area contributed by atoms with Crippen molar-refractivity contribution in [1.82, 2.24) is 0 Å². The molecule has 0 N–H and O–H groups in total. The highest BCUT2D eigenvalue weighted by Crippen LogP contribution is 2.18. The van der Waals surface area contributed by atoms with Crippen LogP contribution in [0.15, 0.2) is 24.3 Å². The van der Waals surface area contributed by atoms with Gasteiger partial charge >= 0.3 is 0 Å². The Morgan fingerprint density at radius 1 is 1.33 bits per heavy atom. The summed E-state index contributed by atoms with van der Waals surface area (Å²) in [5, 5.41) is 0. The molecule has 1 rings (SSSR count). The number of hydrogen-bond acceptors (Lipinski definition) is 2. The van der Waals surface area contributed by atoms with Gasteiger partial charge in [0.1, 0.15) is 5.75 Å². The predicted octanol–water partition coefficient (Wildman–Crippen LogP) is 3.72. The first-order valence-electron chi connectivity index (χ1n) is 5.57. The summed E-state index contributed by atoms with van der Waals surface area (Å²) in [6, 6.07) is 8.14. The molecule has 0 aliphatic carbocycles. The number of thiol groups is 1. The van der Waals surface area contributed by atoms with Crippen molar-refractivity contribution in [2.24, 2.45) is 5.92 Å². The average molecular weight is 224 g/mol. The van der Waals surface area contributed by atoms with E-state index in [-0.39, 0.29) is 0 Å². The van der Waals surface area contributed by atoms with E-state index in [2.05, 4.69) is 32.5 Å². The number of rotatable bonds is 6. The summed E-state index contributed by atoms with van der Waals surface area (Å²) < 4.78 is 5.79. The molecule has 0 amide bonds. The SMILES string of the molecule is CCCC(CS)COc1ccccc1C. The van der Waals surface area contributed by atoms with Crippen molar-refractivity contribution < 1.29 is 4.74 Å². The van der Waals surface area contributed by atoms with Crippen molar-refractivity contribution in [3.8, 4) is 5.75 Å². The van der Waals surface area contributed by atoms with Crippen LogP contribution in [0.2, 0.25) is 0 Å². The summed E-state index contributed by atoms with van der Waals surface area (Å²) in [4.78, 5) is 0. The Kier molecular flexibility index (Phi) is 5.62. The fourth-order valence-electron chi connectivity index (χ4n) is 1.56. The number of ether oxygens (including phenoxy) is 1. The third kappa shape index (κ3) is 4.17. The van der Waals surface area contributed by atoms with Crippen LogP contribution in [0.5, 0.6) is 5.75 Å². The molecule has 0 fully saturated rings. The molecule has 0 aromatic heterocycles. The first kappa shape index (κ1) is 12.4. The maximum absolute atomic E-state index is 5.79. The summed E-state index contributed by atoms with van der Waals surface area (Å²) in [7, 11) is 0. The second kappa shape index (κ2) is 6.78. The summed E-state index contributed by atoms with van der Waals surface area (Å²) in [6.07, 6.45) is 2.39. The summed E-state index contributed by atoms with van der Waals surface area (Å²) >= 11 is 4.34. The van der Waals surface area contributed by atoms with Crippen LogP contribution in [0.25, 0.3) is 0 Å². The lowest BCUT2D eigenvalue weighted by molar-refractivity contribution is 0.253. The molecule has 0 saturated carbocycles. The first-order valence-corrected chi connectivity index (χ1v) is 6.20. The van der Waals surface area contributed by atoms with Crippen LogP contribution >= 0.6 is 12.6 Å². The van der Waals surface area contributed by atoms with E-state index in [0.29, 0.717) is 5.92 Å². The highest BCUT2D eigenvalue weighted by Gasteiger charge is 2.07. The Morgan fingerprint density at radius 3 is 2.67 bits per heavy atom. The van der Waals surface area contributed by atoms with Crippen molar-refractivity contribution in [2.45, 2.75) is 26.7 Å². The van der Waals surface area contributed by atoms with Gasteiger partial charge in [-0.15, -0.1) is 0 Å². The minimum Gasteiger partial charge on any atom is -0.493 e. The molecular weight excluding hydrogens is 204 g/mol. The quantitative estimate of drug-likeness (QED) is 0.725. The van der Waals surface area contributed by atoms with E-state index < -0.39 is 0 Å². The number of hydrogen-bond donors (Lipinski definition) is 1. The lowest BCUT2D eigenvalue weighted by Gasteiger charge is -2.15. The third-order valence-electron chi connectivity index (χ3n) is 2.52. The van der Waals surface area contributed by atoms with Crippen molar-refractivity contribution >= 4 is 12.6 Å². The Hall–Kier alpha value is -0.630. The predicted molar refractivity (Wildman–Crippen MR) is 68.9 cm³/mol. The molecule has 1 atom stereocenters. The van der Waals surface area contributed by atoms with Crippen LogP contribution < -0.4 is 4.74 Å². The lowest BCUT2D eigenvalue weighted by Crippen LogP contribution is -2.13. The van der Waals surface area contributed by atoms with Crippen molar-refractivity contribution in [3.05, 3.63) is 29.8 Å². The zero-order chi connectivity index (χ0) is 11.1. The summed E-state index contributed by atoms with van der Waals surface area (Å²) in [6.45, 7) is 5.05. The molecule has 0 radical (unpaired) electrons. The van der Waals surface area contributed by atoms with Crippen LogP contribution in [0.4, 0.5) is 0 Å². The molecule has 1 unspecified atom stereocenters. The Bertz CT molecular complexity index is 286. The van der Waals surface area contributed by atoms with Gasteiger partial charge in [-0.3, -0.25) is 0 Å². The molecule has 0 aliphatic heterocycles. The second-order valence-corrected chi connectivity index (χ2v) is 4.28. The Morgan fingerprint density at radius 2 is 2.07 bits per heavy atom. The van der Waals surface area contributed by atoms with Gasteiger partial charge in [0.15, 0.2) is 0 Å². The maximum atomic E-state index is 5.79. The minimum atomic E-state index is 0.568. The summed E-state index contributed by atoms with van der Waals surface area (Å²) in [5.74, 6) is 2.47. The van der Waals surface area contributed by atoms with Gasteiger partial charge in [-0.25, -0.2) is 0 Å². The zero-order valence-electron chi connectivity index (χ0n) is 9.57. The highest BCUT2D eigenvalue weighted by atomic mass is 32.1. The average Bonchev–Trinajstić information content (AvgIpc) is 2.26. The first-order chi connectivity index (χ1) is 7.27. The van der Waals surface area contributed by atoms with Crippen LogP contribution in [0.1, 0.15) is 25.3 Å². The molecule has 1 nitrogen and oxygen atoms in total. The van der Waals surface area contributed by atoms with Crippen molar-refractivity contribution in [1.29, 1.82) is 0 Å². The van der Waals surface area contributed by atoms with Gasteiger partial charge in [-0.2, -0.15) is 12.6 Å². The smallest absolute Gasteiger partial charge is 0.122 e. The highest BCUT2D eigenvalue weighted by molar-refractivity contribution is 7.80. The van der Waals surface area contributed by atoms with E-state index in [1.807, 2.05) is 18.2 Å². The second-order valence-electron chi connectivity index (χ2n) is 3.91. The Labute approximate surface area is 98.3 Å². The molecule has 1 aromatic carbocycles. The lowest BCUT2D eigenvalue weighted by atomic mass is 10.1. The largest absolute Gasteiger partial charge is 0.493 e. The maximum Gasteiger partial charge on any atom is 0.122 e. The van der Waals surface area contributed by atoms with E-state index in [0.717, 1.165) is 18.1 Å². The van der Waals surface area contributed by atoms with Crippen LogP contribution in [-0.4, -0.2) is 12.4 Å². The van der Waals surface area contributed by atoms with E-state index >= 15 is 0 Å². The van der Waals surface area contributed by atoms with Crippen LogP contribution in [-0.2, 0) is 0 Å². The molecule has 1 aromatic rings. The van der Waals surface area contributed by atoms with Gasteiger partial charge in [0.05, 0.1) is 6.61 Å². The van der Waals surface area contributed by atoms with Gasteiger partial charge in [-0.05, 0) is 30.7 Å². The molecule has 84 valence electrons. The standard InChI is InChI=1S/C13H20OS/c1-3-6-12(10-15)9-14-13-8-5-4-7-11(13)2/h4-5,7-8,12,15H,3,6,9-10H2,1-2H3. The third-order valence-corrected chi connectivity index (χ3v) is 3.04. The minimum absolute atomic E-state index is 0.568. The van der Waals surface area contributed by atoms with E-state index in [1.165, 1.54) is 18.4 Å². The number of benzene rings is 1. The van der Waals surface area contributed by atoms with Crippen LogP contribution in [0.3, 0.4) is 0 Å². The monoisotopic (exact) mass is 224 g/mol. The molecule has 0 saturated heterocycles. The fraction of sp³-hybridized carbons (Fsp3) is 0.538. The fourth-order valence-corrected chi connectivity index (χ4v) is 1.85. The summed E-state index contributed by atoms with van der Waals surface area (Å²) in [5.41, 5.74) is 1.20. The van der Waals surface area contributed by atoms with Gasteiger partial charge in [-0.1, -0.05) is 31.5 Å². The van der Waals surface area contributed by atoms with E-state index in [1.54, 1.807) is 0 Å². The number of para-hydroxylation sites is 1. The molecular formula is C13H20OS. The molecule has 0 spiro atoms. The van der Waals surface area contributed by atoms with Crippen molar-refractivity contribution in [3.63, 3.8) is 0 Å². The molecule has 2 heteroatoms. The normalized spacial score (nSPS) is 12.5. The van der Waals surface area contributed by atoms with Gasteiger partial charge in [0, 0.05) is 5.92 Å². The topological polar surface area (TPSA) is 9.23 Å². The Balaban J connectivity index is 2.45. The molecule has 15 heavy (non-hydrogen) atoms. The van der Waals surface area contributed by atoms with E-state index in [9.17, 15) is 0 Å².